The minimum absolute atomic E-state index is 0.186. The van der Waals surface area contributed by atoms with Gasteiger partial charge in [-0.25, -0.2) is 8.78 Å². The lowest BCUT2D eigenvalue weighted by Gasteiger charge is -2.39. The maximum absolute atomic E-state index is 14.0. The predicted molar refractivity (Wildman–Crippen MR) is 82.0 cm³/mol. The number of nitrogens with zero attached hydrogens (tertiary/aromatic N) is 1. The van der Waals surface area contributed by atoms with E-state index in [0.29, 0.717) is 18.2 Å². The van der Waals surface area contributed by atoms with E-state index < -0.39 is 11.6 Å². The predicted octanol–water partition coefficient (Wildman–Crippen LogP) is 3.87. The molecule has 1 aromatic rings. The van der Waals surface area contributed by atoms with Crippen LogP contribution in [0.5, 0.6) is 0 Å². The van der Waals surface area contributed by atoms with Gasteiger partial charge in [0.15, 0.2) is 0 Å². The molecule has 1 unspecified atom stereocenters. The van der Waals surface area contributed by atoms with Crippen LogP contribution in [0.1, 0.15) is 50.6 Å². The first kappa shape index (κ1) is 16.4. The molecule has 4 heteroatoms. The zero-order valence-electron chi connectivity index (χ0n) is 13.0. The van der Waals surface area contributed by atoms with E-state index in [0.717, 1.165) is 24.8 Å². The molecule has 1 aliphatic rings. The van der Waals surface area contributed by atoms with Crippen LogP contribution in [0.4, 0.5) is 8.78 Å². The van der Waals surface area contributed by atoms with Crippen molar-refractivity contribution in [1.82, 2.24) is 4.90 Å². The molecule has 0 aliphatic heterocycles. The maximum atomic E-state index is 14.0. The highest BCUT2D eigenvalue weighted by molar-refractivity contribution is 5.22. The van der Waals surface area contributed by atoms with Gasteiger partial charge in [0.2, 0.25) is 0 Å². The molecule has 21 heavy (non-hydrogen) atoms. The molecule has 0 saturated heterocycles. The third-order valence-electron chi connectivity index (χ3n) is 5.01. The average molecular weight is 296 g/mol. The summed E-state index contributed by atoms with van der Waals surface area (Å²) in [4.78, 5) is 2.18. The number of halogens is 2. The highest BCUT2D eigenvalue weighted by atomic mass is 19.1. The Morgan fingerprint density at radius 1 is 1.24 bits per heavy atom. The lowest BCUT2D eigenvalue weighted by atomic mass is 9.83. The Labute approximate surface area is 126 Å². The Hall–Kier alpha value is -1.00. The van der Waals surface area contributed by atoms with Crippen LogP contribution in [0.3, 0.4) is 0 Å². The van der Waals surface area contributed by atoms with E-state index in [1.165, 1.54) is 31.4 Å². The summed E-state index contributed by atoms with van der Waals surface area (Å²) in [5.41, 5.74) is 6.37. The molecule has 1 atom stereocenters. The van der Waals surface area contributed by atoms with Crippen molar-refractivity contribution >= 4 is 0 Å². The number of likely N-dealkylation sites (N-methyl/N-ethyl adjacent to an activating group) is 1. The first-order valence-electron chi connectivity index (χ1n) is 7.93. The molecule has 1 fully saturated rings. The molecule has 1 saturated carbocycles. The summed E-state index contributed by atoms with van der Waals surface area (Å²) >= 11 is 0. The van der Waals surface area contributed by atoms with Crippen molar-refractivity contribution in [1.29, 1.82) is 0 Å². The second-order valence-electron chi connectivity index (χ2n) is 6.17. The number of rotatable bonds is 5. The fourth-order valence-corrected chi connectivity index (χ4v) is 3.50. The zero-order chi connectivity index (χ0) is 15.4. The summed E-state index contributed by atoms with van der Waals surface area (Å²) in [5, 5.41) is 0. The molecule has 1 aliphatic carbocycles. The summed E-state index contributed by atoms with van der Waals surface area (Å²) < 4.78 is 27.1. The third kappa shape index (κ3) is 3.80. The van der Waals surface area contributed by atoms with Crippen LogP contribution in [0, 0.1) is 17.6 Å². The fraction of sp³-hybridized carbons (Fsp3) is 0.647. The zero-order valence-corrected chi connectivity index (χ0v) is 13.0. The summed E-state index contributed by atoms with van der Waals surface area (Å²) in [5.74, 6) is -0.216. The fourth-order valence-electron chi connectivity index (χ4n) is 3.50. The van der Waals surface area contributed by atoms with E-state index in [1.54, 1.807) is 0 Å². The molecule has 2 N–H and O–H groups in total. The van der Waals surface area contributed by atoms with E-state index >= 15 is 0 Å². The molecule has 0 spiro atoms. The largest absolute Gasteiger partial charge is 0.329 e. The summed E-state index contributed by atoms with van der Waals surface area (Å²) in [6.45, 7) is 2.58. The van der Waals surface area contributed by atoms with E-state index in [2.05, 4.69) is 11.8 Å². The molecule has 2 rings (SSSR count). The molecule has 1 aromatic carbocycles. The monoisotopic (exact) mass is 296 g/mol. The van der Waals surface area contributed by atoms with Gasteiger partial charge in [-0.1, -0.05) is 19.4 Å². The lowest BCUT2D eigenvalue weighted by molar-refractivity contribution is 0.120. The van der Waals surface area contributed by atoms with E-state index in [-0.39, 0.29) is 6.04 Å². The first-order valence-corrected chi connectivity index (χ1v) is 7.93. The van der Waals surface area contributed by atoms with Crippen molar-refractivity contribution in [2.45, 2.75) is 51.1 Å². The van der Waals surface area contributed by atoms with Crippen LogP contribution in [0.15, 0.2) is 18.2 Å². The maximum Gasteiger partial charge on any atom is 0.130 e. The molecule has 0 amide bonds. The smallest absolute Gasteiger partial charge is 0.130 e. The lowest BCUT2D eigenvalue weighted by Crippen LogP contribution is -2.41. The van der Waals surface area contributed by atoms with Gasteiger partial charge in [0.1, 0.15) is 11.6 Å². The molecular formula is C17H26F2N2. The second-order valence-corrected chi connectivity index (χ2v) is 6.17. The summed E-state index contributed by atoms with van der Waals surface area (Å²) in [6, 6.07) is 4.03. The van der Waals surface area contributed by atoms with E-state index in [1.807, 2.05) is 7.05 Å². The molecule has 0 heterocycles. The van der Waals surface area contributed by atoms with Gasteiger partial charge >= 0.3 is 0 Å². The quantitative estimate of drug-likeness (QED) is 0.894. The highest BCUT2D eigenvalue weighted by Crippen LogP contribution is 2.33. The van der Waals surface area contributed by atoms with Crippen LogP contribution < -0.4 is 5.73 Å². The van der Waals surface area contributed by atoms with E-state index in [4.69, 9.17) is 5.73 Å². The van der Waals surface area contributed by atoms with Crippen LogP contribution >= 0.6 is 0 Å². The molecule has 0 bridgehead atoms. The Bertz CT molecular complexity index is 456. The molecule has 0 aromatic heterocycles. The average Bonchev–Trinajstić information content (AvgIpc) is 2.50. The van der Waals surface area contributed by atoms with Crippen LogP contribution in [0.2, 0.25) is 0 Å². The topological polar surface area (TPSA) is 29.3 Å². The molecular weight excluding hydrogens is 270 g/mol. The van der Waals surface area contributed by atoms with Gasteiger partial charge in [-0.15, -0.1) is 0 Å². The van der Waals surface area contributed by atoms with Crippen LogP contribution in [-0.4, -0.2) is 24.5 Å². The number of hydrogen-bond acceptors (Lipinski definition) is 2. The Balaban J connectivity index is 2.10. The molecule has 2 nitrogen and oxygen atoms in total. The Morgan fingerprint density at radius 3 is 2.43 bits per heavy atom. The summed E-state index contributed by atoms with van der Waals surface area (Å²) in [7, 11) is 2.01. The SMILES string of the molecule is CCC1CCC(N(C)C(CN)c2ccc(F)cc2F)CC1. The normalized spacial score (nSPS) is 24.3. The van der Waals surface area contributed by atoms with Crippen molar-refractivity contribution in [3.8, 4) is 0 Å². The second kappa shape index (κ2) is 7.32. The van der Waals surface area contributed by atoms with Crippen molar-refractivity contribution in [2.24, 2.45) is 11.7 Å². The third-order valence-corrected chi connectivity index (χ3v) is 5.01. The molecule has 118 valence electrons. The number of benzene rings is 1. The first-order chi connectivity index (χ1) is 10.1. The number of nitrogens with two attached hydrogens (primary N) is 1. The van der Waals surface area contributed by atoms with Gasteiger partial charge < -0.3 is 5.73 Å². The van der Waals surface area contributed by atoms with Gasteiger partial charge in [0.25, 0.3) is 0 Å². The van der Waals surface area contributed by atoms with Crippen molar-refractivity contribution in [3.63, 3.8) is 0 Å². The van der Waals surface area contributed by atoms with Crippen molar-refractivity contribution in [2.75, 3.05) is 13.6 Å². The van der Waals surface area contributed by atoms with Gasteiger partial charge in [0, 0.05) is 30.3 Å². The van der Waals surface area contributed by atoms with Gasteiger partial charge in [-0.2, -0.15) is 0 Å². The minimum Gasteiger partial charge on any atom is -0.329 e. The summed E-state index contributed by atoms with van der Waals surface area (Å²) in [6.07, 6.45) is 5.97. The van der Waals surface area contributed by atoms with Crippen LogP contribution in [-0.2, 0) is 0 Å². The molecule has 0 radical (unpaired) electrons. The van der Waals surface area contributed by atoms with E-state index in [9.17, 15) is 8.78 Å². The van der Waals surface area contributed by atoms with Crippen molar-refractivity contribution < 1.29 is 8.78 Å². The van der Waals surface area contributed by atoms with Gasteiger partial charge in [0.05, 0.1) is 0 Å². The number of hydrogen-bond donors (Lipinski definition) is 1. The highest BCUT2D eigenvalue weighted by Gasteiger charge is 2.28. The Morgan fingerprint density at radius 2 is 1.90 bits per heavy atom. The van der Waals surface area contributed by atoms with Crippen molar-refractivity contribution in [3.05, 3.63) is 35.4 Å². The Kier molecular flexibility index (Phi) is 5.71. The van der Waals surface area contributed by atoms with Gasteiger partial charge in [-0.05, 0) is 44.7 Å². The van der Waals surface area contributed by atoms with Gasteiger partial charge in [-0.3, -0.25) is 4.90 Å². The minimum atomic E-state index is -0.543. The van der Waals surface area contributed by atoms with Crippen LogP contribution in [0.25, 0.3) is 0 Å². The standard InChI is InChI=1S/C17H26F2N2/c1-3-12-4-7-14(8-5-12)21(2)17(11-20)15-9-6-13(18)10-16(15)19/h6,9-10,12,14,17H,3-5,7-8,11,20H2,1-2H3.